The number of nitrogens with zero attached hydrogens (tertiary/aromatic N) is 1. The van der Waals surface area contributed by atoms with Gasteiger partial charge in [0.05, 0.1) is 6.61 Å². The van der Waals surface area contributed by atoms with Gasteiger partial charge in [0.15, 0.2) is 5.69 Å². The molecular formula is C10H16N2O3S. The molecule has 0 saturated carbocycles. The number of thiazole rings is 1. The molecular weight excluding hydrogens is 228 g/mol. The van der Waals surface area contributed by atoms with Crippen molar-refractivity contribution in [3.05, 3.63) is 16.1 Å². The lowest BCUT2D eigenvalue weighted by Crippen LogP contribution is -2.20. The molecule has 0 aliphatic heterocycles. The molecule has 2 N–H and O–H groups in total. The number of esters is 1. The van der Waals surface area contributed by atoms with Crippen molar-refractivity contribution in [2.75, 3.05) is 13.2 Å². The van der Waals surface area contributed by atoms with Gasteiger partial charge in [0.2, 0.25) is 0 Å². The third kappa shape index (κ3) is 3.88. The second-order valence-electron chi connectivity index (χ2n) is 3.21. The molecule has 0 aliphatic carbocycles. The van der Waals surface area contributed by atoms with Gasteiger partial charge in [-0.05, 0) is 13.8 Å². The number of hydrogen-bond acceptors (Lipinski definition) is 6. The Bertz CT molecular complexity index is 341. The summed E-state index contributed by atoms with van der Waals surface area (Å²) in [4.78, 5) is 15.6. The Labute approximate surface area is 98.6 Å². The lowest BCUT2D eigenvalue weighted by molar-refractivity contribution is 0.00393. The smallest absolute Gasteiger partial charge is 0.358 e. The van der Waals surface area contributed by atoms with Crippen molar-refractivity contribution >= 4 is 17.3 Å². The second kappa shape index (κ2) is 6.57. The van der Waals surface area contributed by atoms with Gasteiger partial charge in [0.25, 0.3) is 0 Å². The predicted molar refractivity (Wildman–Crippen MR) is 61.4 cm³/mol. The Morgan fingerprint density at radius 3 is 3.00 bits per heavy atom. The Kier molecular flexibility index (Phi) is 5.37. The minimum atomic E-state index is -0.428. The molecule has 0 radical (unpaired) electrons. The average Bonchev–Trinajstić information content (AvgIpc) is 2.74. The first kappa shape index (κ1) is 13.1. The quantitative estimate of drug-likeness (QED) is 0.761. The van der Waals surface area contributed by atoms with Gasteiger partial charge in [-0.25, -0.2) is 9.78 Å². The van der Waals surface area contributed by atoms with E-state index in [2.05, 4.69) is 4.98 Å². The summed E-state index contributed by atoms with van der Waals surface area (Å²) in [6, 6.07) is 0. The highest BCUT2D eigenvalue weighted by molar-refractivity contribution is 7.09. The van der Waals surface area contributed by atoms with Crippen molar-refractivity contribution in [2.24, 2.45) is 5.73 Å². The second-order valence-corrected chi connectivity index (χ2v) is 4.15. The average molecular weight is 244 g/mol. The first-order valence-corrected chi connectivity index (χ1v) is 5.98. The van der Waals surface area contributed by atoms with Gasteiger partial charge < -0.3 is 15.2 Å². The first-order valence-electron chi connectivity index (χ1n) is 5.10. The zero-order valence-corrected chi connectivity index (χ0v) is 10.3. The standard InChI is InChI=1S/C10H16N2O3S/c1-3-14-5-7(2)15-10(13)8-6-16-9(4-11)12-8/h6-7H,3-5,11H2,1-2H3. The molecule has 1 aromatic rings. The zero-order chi connectivity index (χ0) is 12.0. The molecule has 1 heterocycles. The SMILES string of the molecule is CCOCC(C)OC(=O)c1csc(CN)n1. The van der Waals surface area contributed by atoms with E-state index in [-0.39, 0.29) is 6.10 Å². The lowest BCUT2D eigenvalue weighted by Gasteiger charge is -2.11. The summed E-state index contributed by atoms with van der Waals surface area (Å²) in [6.07, 6.45) is -0.268. The highest BCUT2D eigenvalue weighted by Crippen LogP contribution is 2.10. The number of carbonyl (C=O) groups excluding carboxylic acids is 1. The van der Waals surface area contributed by atoms with Crippen LogP contribution < -0.4 is 5.73 Å². The monoisotopic (exact) mass is 244 g/mol. The lowest BCUT2D eigenvalue weighted by atomic mass is 10.4. The zero-order valence-electron chi connectivity index (χ0n) is 9.43. The van der Waals surface area contributed by atoms with Crippen LogP contribution in [0.3, 0.4) is 0 Å². The van der Waals surface area contributed by atoms with Crippen molar-refractivity contribution in [1.82, 2.24) is 4.98 Å². The molecule has 1 aromatic heterocycles. The van der Waals surface area contributed by atoms with Gasteiger partial charge in [0, 0.05) is 18.5 Å². The molecule has 0 saturated heterocycles. The molecule has 1 unspecified atom stereocenters. The van der Waals surface area contributed by atoms with E-state index < -0.39 is 5.97 Å². The van der Waals surface area contributed by atoms with Crippen LogP contribution in [0.25, 0.3) is 0 Å². The molecule has 1 rings (SSSR count). The molecule has 0 aromatic carbocycles. The van der Waals surface area contributed by atoms with Gasteiger partial charge in [-0.2, -0.15) is 0 Å². The number of hydrogen-bond donors (Lipinski definition) is 1. The van der Waals surface area contributed by atoms with Crippen LogP contribution >= 0.6 is 11.3 Å². The topological polar surface area (TPSA) is 74.4 Å². The van der Waals surface area contributed by atoms with Crippen LogP contribution in [0.15, 0.2) is 5.38 Å². The summed E-state index contributed by atoms with van der Waals surface area (Å²) in [5.41, 5.74) is 5.72. The van der Waals surface area contributed by atoms with Gasteiger partial charge >= 0.3 is 5.97 Å². The molecule has 6 heteroatoms. The van der Waals surface area contributed by atoms with Gasteiger partial charge in [-0.1, -0.05) is 0 Å². The van der Waals surface area contributed by atoms with E-state index in [4.69, 9.17) is 15.2 Å². The van der Waals surface area contributed by atoms with Crippen LogP contribution in [0.5, 0.6) is 0 Å². The third-order valence-electron chi connectivity index (χ3n) is 1.80. The van der Waals surface area contributed by atoms with E-state index >= 15 is 0 Å². The van der Waals surface area contributed by atoms with E-state index in [0.717, 1.165) is 5.01 Å². The summed E-state index contributed by atoms with van der Waals surface area (Å²) >= 11 is 1.35. The highest BCUT2D eigenvalue weighted by atomic mass is 32.1. The number of nitrogens with two attached hydrogens (primary N) is 1. The van der Waals surface area contributed by atoms with Gasteiger partial charge in [0.1, 0.15) is 11.1 Å². The Balaban J connectivity index is 2.45. The summed E-state index contributed by atoms with van der Waals surface area (Å²) in [5, 5.41) is 2.38. The van der Waals surface area contributed by atoms with Crippen molar-refractivity contribution in [3.63, 3.8) is 0 Å². The fraction of sp³-hybridized carbons (Fsp3) is 0.600. The van der Waals surface area contributed by atoms with Crippen LogP contribution in [-0.2, 0) is 16.0 Å². The molecule has 90 valence electrons. The van der Waals surface area contributed by atoms with E-state index in [1.54, 1.807) is 12.3 Å². The van der Waals surface area contributed by atoms with Crippen molar-refractivity contribution in [1.29, 1.82) is 0 Å². The van der Waals surface area contributed by atoms with E-state index in [1.807, 2.05) is 6.92 Å². The van der Waals surface area contributed by atoms with Crippen LogP contribution in [0, 0.1) is 0 Å². The maximum atomic E-state index is 11.6. The molecule has 0 fully saturated rings. The summed E-state index contributed by atoms with van der Waals surface area (Å²) in [5.74, 6) is -0.428. The molecule has 5 nitrogen and oxygen atoms in total. The molecule has 0 amide bonds. The Morgan fingerprint density at radius 2 is 2.44 bits per heavy atom. The maximum Gasteiger partial charge on any atom is 0.358 e. The van der Waals surface area contributed by atoms with Crippen molar-refractivity contribution in [2.45, 2.75) is 26.5 Å². The van der Waals surface area contributed by atoms with Crippen LogP contribution in [0.2, 0.25) is 0 Å². The highest BCUT2D eigenvalue weighted by Gasteiger charge is 2.15. The van der Waals surface area contributed by atoms with E-state index in [9.17, 15) is 4.79 Å². The number of aromatic nitrogens is 1. The van der Waals surface area contributed by atoms with Crippen LogP contribution in [0.1, 0.15) is 29.3 Å². The molecule has 0 bridgehead atoms. The van der Waals surface area contributed by atoms with Crippen molar-refractivity contribution in [3.8, 4) is 0 Å². The Hall–Kier alpha value is -0.980. The van der Waals surface area contributed by atoms with Gasteiger partial charge in [-0.3, -0.25) is 0 Å². The Morgan fingerprint density at radius 1 is 1.69 bits per heavy atom. The molecule has 1 atom stereocenters. The molecule has 0 aliphatic rings. The third-order valence-corrected chi connectivity index (χ3v) is 2.67. The molecule has 16 heavy (non-hydrogen) atoms. The number of rotatable bonds is 6. The maximum absolute atomic E-state index is 11.6. The van der Waals surface area contributed by atoms with Crippen LogP contribution in [-0.4, -0.2) is 30.3 Å². The normalized spacial score (nSPS) is 12.4. The fourth-order valence-electron chi connectivity index (χ4n) is 1.06. The largest absolute Gasteiger partial charge is 0.455 e. The van der Waals surface area contributed by atoms with Crippen molar-refractivity contribution < 1.29 is 14.3 Å². The van der Waals surface area contributed by atoms with E-state index in [0.29, 0.717) is 25.5 Å². The minimum Gasteiger partial charge on any atom is -0.455 e. The fourth-order valence-corrected chi connectivity index (χ4v) is 1.70. The van der Waals surface area contributed by atoms with Crippen LogP contribution in [0.4, 0.5) is 0 Å². The minimum absolute atomic E-state index is 0.268. The molecule has 0 spiro atoms. The van der Waals surface area contributed by atoms with Gasteiger partial charge in [-0.15, -0.1) is 11.3 Å². The summed E-state index contributed by atoms with van der Waals surface area (Å²) in [7, 11) is 0. The number of ether oxygens (including phenoxy) is 2. The first-order chi connectivity index (χ1) is 7.67. The number of carbonyl (C=O) groups is 1. The predicted octanol–water partition coefficient (Wildman–Crippen LogP) is 1.18. The summed E-state index contributed by atoms with van der Waals surface area (Å²) in [6.45, 7) is 5.02. The van der Waals surface area contributed by atoms with E-state index in [1.165, 1.54) is 11.3 Å². The summed E-state index contributed by atoms with van der Waals surface area (Å²) < 4.78 is 10.3.